The second kappa shape index (κ2) is 5.96. The van der Waals surface area contributed by atoms with Crippen molar-refractivity contribution in [1.82, 2.24) is 10.2 Å². The van der Waals surface area contributed by atoms with E-state index in [0.29, 0.717) is 29.0 Å². The molecule has 122 valence electrons. The van der Waals surface area contributed by atoms with Gasteiger partial charge < -0.3 is 0 Å². The van der Waals surface area contributed by atoms with E-state index in [0.717, 1.165) is 5.56 Å². The molecule has 1 N–H and O–H groups in total. The summed E-state index contributed by atoms with van der Waals surface area (Å²) in [6.07, 6.45) is 0. The van der Waals surface area contributed by atoms with E-state index in [-0.39, 0.29) is 5.56 Å². The number of hydrogen-bond donors (Lipinski definition) is 1. The van der Waals surface area contributed by atoms with E-state index >= 15 is 0 Å². The molecule has 0 atom stereocenters. The maximum absolute atomic E-state index is 14.2. The minimum atomic E-state index is -1.14. The lowest BCUT2D eigenvalue weighted by Gasteiger charge is -2.13. The molecule has 0 radical (unpaired) electrons. The van der Waals surface area contributed by atoms with Gasteiger partial charge in [-0.1, -0.05) is 29.8 Å². The lowest BCUT2D eigenvalue weighted by atomic mass is 9.93. The molecule has 3 rings (SSSR count). The molecular weight excluding hydrogens is 317 g/mol. The second-order valence-corrected chi connectivity index (χ2v) is 5.50. The van der Waals surface area contributed by atoms with E-state index in [4.69, 9.17) is 0 Å². The summed E-state index contributed by atoms with van der Waals surface area (Å²) < 4.78 is 41.6. The first-order valence-corrected chi connectivity index (χ1v) is 7.19. The summed E-state index contributed by atoms with van der Waals surface area (Å²) in [5.74, 6) is -3.33. The Morgan fingerprint density at radius 2 is 1.46 bits per heavy atom. The number of nitrogens with one attached hydrogen (secondary N) is 1. The van der Waals surface area contributed by atoms with Crippen molar-refractivity contribution in [3.63, 3.8) is 0 Å². The van der Waals surface area contributed by atoms with Crippen LogP contribution in [-0.2, 0) is 0 Å². The highest BCUT2D eigenvalue weighted by Gasteiger charge is 2.22. The third-order valence-corrected chi connectivity index (χ3v) is 3.76. The van der Waals surface area contributed by atoms with Crippen LogP contribution in [-0.4, -0.2) is 10.2 Å². The van der Waals surface area contributed by atoms with E-state index < -0.39 is 28.6 Å². The number of aromatic amines is 1. The Balaban J connectivity index is 2.40. The van der Waals surface area contributed by atoms with Gasteiger partial charge in [-0.05, 0) is 19.4 Å². The monoisotopic (exact) mass is 330 g/mol. The zero-order chi connectivity index (χ0) is 17.4. The third kappa shape index (κ3) is 2.71. The van der Waals surface area contributed by atoms with Crippen LogP contribution in [0.4, 0.5) is 13.2 Å². The van der Waals surface area contributed by atoms with Gasteiger partial charge in [-0.3, -0.25) is 4.79 Å². The van der Waals surface area contributed by atoms with Gasteiger partial charge >= 0.3 is 0 Å². The molecule has 6 heteroatoms. The first-order valence-electron chi connectivity index (χ1n) is 7.19. The summed E-state index contributed by atoms with van der Waals surface area (Å²) in [4.78, 5) is 12.3. The maximum atomic E-state index is 14.2. The summed E-state index contributed by atoms with van der Waals surface area (Å²) in [6, 6.07) is 8.20. The summed E-state index contributed by atoms with van der Waals surface area (Å²) in [6.45, 7) is 3.51. The van der Waals surface area contributed by atoms with Crippen LogP contribution in [0.15, 0.2) is 41.2 Å². The molecule has 0 unspecified atom stereocenters. The number of aryl methyl sites for hydroxylation is 2. The molecule has 0 bridgehead atoms. The van der Waals surface area contributed by atoms with E-state index in [1.165, 1.54) is 0 Å². The Hall–Kier alpha value is -2.89. The summed E-state index contributed by atoms with van der Waals surface area (Å²) in [7, 11) is 0. The van der Waals surface area contributed by atoms with Crippen LogP contribution in [0.5, 0.6) is 0 Å². The molecule has 0 aliphatic rings. The van der Waals surface area contributed by atoms with Crippen LogP contribution in [0.2, 0.25) is 0 Å². The van der Waals surface area contributed by atoms with Crippen LogP contribution in [0.3, 0.4) is 0 Å². The molecule has 0 fully saturated rings. The van der Waals surface area contributed by atoms with Crippen molar-refractivity contribution in [3.8, 4) is 22.3 Å². The van der Waals surface area contributed by atoms with Gasteiger partial charge in [0.2, 0.25) is 0 Å². The highest BCUT2D eigenvalue weighted by atomic mass is 19.1. The van der Waals surface area contributed by atoms with E-state index in [2.05, 4.69) is 10.2 Å². The van der Waals surface area contributed by atoms with Crippen molar-refractivity contribution >= 4 is 0 Å². The zero-order valence-electron chi connectivity index (χ0n) is 13.0. The van der Waals surface area contributed by atoms with Crippen molar-refractivity contribution < 1.29 is 13.2 Å². The van der Waals surface area contributed by atoms with Crippen molar-refractivity contribution in [3.05, 3.63) is 75.5 Å². The average Bonchev–Trinajstić information content (AvgIpc) is 2.51. The zero-order valence-corrected chi connectivity index (χ0v) is 13.0. The molecule has 0 aliphatic carbocycles. The lowest BCUT2D eigenvalue weighted by molar-refractivity contribution is 0.547. The van der Waals surface area contributed by atoms with Crippen molar-refractivity contribution in [2.24, 2.45) is 0 Å². The van der Waals surface area contributed by atoms with Crippen LogP contribution < -0.4 is 5.56 Å². The van der Waals surface area contributed by atoms with Crippen molar-refractivity contribution in [2.45, 2.75) is 13.8 Å². The smallest absolute Gasteiger partial charge is 0.267 e. The predicted octanol–water partition coefficient (Wildman–Crippen LogP) is 4.14. The van der Waals surface area contributed by atoms with Crippen LogP contribution in [0.25, 0.3) is 22.3 Å². The highest BCUT2D eigenvalue weighted by molar-refractivity contribution is 5.84. The minimum Gasteiger partial charge on any atom is -0.267 e. The molecule has 1 heterocycles. The van der Waals surface area contributed by atoms with E-state index in [1.54, 1.807) is 19.1 Å². The average molecular weight is 330 g/mol. The van der Waals surface area contributed by atoms with Crippen molar-refractivity contribution in [2.75, 3.05) is 0 Å². The molecule has 24 heavy (non-hydrogen) atoms. The van der Waals surface area contributed by atoms with Crippen LogP contribution in [0.1, 0.15) is 11.3 Å². The third-order valence-electron chi connectivity index (χ3n) is 3.76. The van der Waals surface area contributed by atoms with Crippen molar-refractivity contribution in [1.29, 1.82) is 0 Å². The fraction of sp³-hybridized carbons (Fsp3) is 0.111. The Labute approximate surface area is 135 Å². The molecule has 0 spiro atoms. The molecule has 0 amide bonds. The topological polar surface area (TPSA) is 45.8 Å². The SMILES string of the molecule is Cc1ccc(-c2c(C)n[nH]c(=O)c2-c2c(F)cc(F)cc2F)cc1. The van der Waals surface area contributed by atoms with Gasteiger partial charge in [0.15, 0.2) is 0 Å². The molecule has 0 saturated heterocycles. The summed E-state index contributed by atoms with van der Waals surface area (Å²) in [5.41, 5.74) is 0.769. The molecule has 0 saturated carbocycles. The van der Waals surface area contributed by atoms with E-state index in [9.17, 15) is 18.0 Å². The summed E-state index contributed by atoms with van der Waals surface area (Å²) >= 11 is 0. The predicted molar refractivity (Wildman–Crippen MR) is 85.1 cm³/mol. The Morgan fingerprint density at radius 1 is 0.875 bits per heavy atom. The second-order valence-electron chi connectivity index (χ2n) is 5.50. The van der Waals surface area contributed by atoms with Gasteiger partial charge in [0.1, 0.15) is 17.5 Å². The normalized spacial score (nSPS) is 10.9. The molecule has 2 aromatic carbocycles. The minimum absolute atomic E-state index is 0.207. The van der Waals surface area contributed by atoms with Gasteiger partial charge in [0, 0.05) is 17.7 Å². The number of benzene rings is 2. The molecule has 1 aromatic heterocycles. The fourth-order valence-electron chi connectivity index (χ4n) is 2.63. The molecule has 3 nitrogen and oxygen atoms in total. The van der Waals surface area contributed by atoms with Gasteiger partial charge in [-0.25, -0.2) is 18.3 Å². The molecule has 3 aromatic rings. The lowest BCUT2D eigenvalue weighted by Crippen LogP contribution is -2.16. The Kier molecular flexibility index (Phi) is 3.97. The Bertz CT molecular complexity index is 956. The van der Waals surface area contributed by atoms with Gasteiger partial charge in [-0.15, -0.1) is 0 Å². The standard InChI is InChI=1S/C18H13F3N2O/c1-9-3-5-11(6-4-9)15-10(2)22-23-18(24)17(15)16-13(20)7-12(19)8-14(16)21/h3-8H,1-2H3,(H,23,24). The fourth-order valence-corrected chi connectivity index (χ4v) is 2.63. The van der Waals surface area contributed by atoms with Gasteiger partial charge in [0.25, 0.3) is 5.56 Å². The van der Waals surface area contributed by atoms with Crippen LogP contribution in [0, 0.1) is 31.3 Å². The maximum Gasteiger partial charge on any atom is 0.272 e. The van der Waals surface area contributed by atoms with Crippen LogP contribution >= 0.6 is 0 Å². The number of rotatable bonds is 2. The summed E-state index contributed by atoms with van der Waals surface area (Å²) in [5, 5.41) is 6.11. The number of H-pyrrole nitrogens is 1. The van der Waals surface area contributed by atoms with E-state index in [1.807, 2.05) is 19.1 Å². The first kappa shape index (κ1) is 16.0. The highest BCUT2D eigenvalue weighted by Crippen LogP contribution is 2.34. The molecule has 0 aliphatic heterocycles. The van der Waals surface area contributed by atoms with Gasteiger partial charge in [-0.2, -0.15) is 5.10 Å². The number of halogens is 3. The largest absolute Gasteiger partial charge is 0.272 e. The number of nitrogens with zero attached hydrogens (tertiary/aromatic N) is 1. The quantitative estimate of drug-likeness (QED) is 0.768. The number of hydrogen-bond acceptors (Lipinski definition) is 2. The Morgan fingerprint density at radius 3 is 2.04 bits per heavy atom. The first-order chi connectivity index (χ1) is 11.4. The van der Waals surface area contributed by atoms with Gasteiger partial charge in [0.05, 0.1) is 16.8 Å². The molecular formula is C18H13F3N2O. The number of aromatic nitrogens is 2.